The highest BCUT2D eigenvalue weighted by molar-refractivity contribution is 5.81. The van der Waals surface area contributed by atoms with E-state index in [0.717, 1.165) is 19.3 Å². The van der Waals surface area contributed by atoms with Gasteiger partial charge >= 0.3 is 0 Å². The van der Waals surface area contributed by atoms with E-state index in [1.807, 2.05) is 0 Å². The average Bonchev–Trinajstić information content (AvgIpc) is 2.52. The Hall–Kier alpha value is -0.330. The van der Waals surface area contributed by atoms with E-state index in [9.17, 15) is 4.79 Å². The molecule has 0 saturated heterocycles. The van der Waals surface area contributed by atoms with Crippen molar-refractivity contribution in [2.24, 2.45) is 11.8 Å². The molecule has 2 unspecified atom stereocenters. The monoisotopic (exact) mass is 182 g/mol. The van der Waals surface area contributed by atoms with Gasteiger partial charge in [0.25, 0.3) is 0 Å². The Morgan fingerprint density at radius 3 is 2.62 bits per heavy atom. The van der Waals surface area contributed by atoms with Crippen LogP contribution in [0.5, 0.6) is 0 Å². The summed E-state index contributed by atoms with van der Waals surface area (Å²) < 4.78 is 0. The molecule has 2 atom stereocenters. The van der Waals surface area contributed by atoms with Crippen molar-refractivity contribution in [3.8, 4) is 0 Å². The highest BCUT2D eigenvalue weighted by Gasteiger charge is 2.28. The molecular formula is C12H22O. The second-order valence-electron chi connectivity index (χ2n) is 4.44. The molecule has 0 spiro atoms. The third-order valence-electron chi connectivity index (χ3n) is 3.30. The Morgan fingerprint density at radius 2 is 2.08 bits per heavy atom. The fourth-order valence-electron chi connectivity index (χ4n) is 2.36. The lowest BCUT2D eigenvalue weighted by molar-refractivity contribution is -0.123. The van der Waals surface area contributed by atoms with Gasteiger partial charge in [0, 0.05) is 12.3 Å². The zero-order valence-corrected chi connectivity index (χ0v) is 9.01. The predicted octanol–water partition coefficient (Wildman–Crippen LogP) is 3.57. The second kappa shape index (κ2) is 5.41. The van der Waals surface area contributed by atoms with Gasteiger partial charge in [0.1, 0.15) is 5.78 Å². The van der Waals surface area contributed by atoms with Gasteiger partial charge in [-0.25, -0.2) is 0 Å². The molecular weight excluding hydrogens is 160 g/mol. The Morgan fingerprint density at radius 1 is 1.31 bits per heavy atom. The van der Waals surface area contributed by atoms with Gasteiger partial charge in [-0.2, -0.15) is 0 Å². The van der Waals surface area contributed by atoms with Crippen molar-refractivity contribution in [1.29, 1.82) is 0 Å². The Bertz CT molecular complexity index is 163. The second-order valence-corrected chi connectivity index (χ2v) is 4.44. The van der Waals surface area contributed by atoms with Crippen LogP contribution in [0.2, 0.25) is 0 Å². The van der Waals surface area contributed by atoms with Gasteiger partial charge in [-0.05, 0) is 25.2 Å². The summed E-state index contributed by atoms with van der Waals surface area (Å²) in [6, 6.07) is 0. The zero-order chi connectivity index (χ0) is 9.68. The number of Topliss-reactive ketones (excluding diaryl/α,β-unsaturated/α-hetero) is 1. The minimum Gasteiger partial charge on any atom is -0.299 e. The topological polar surface area (TPSA) is 17.1 Å². The van der Waals surface area contributed by atoms with E-state index in [2.05, 4.69) is 13.8 Å². The van der Waals surface area contributed by atoms with Gasteiger partial charge in [0.2, 0.25) is 0 Å². The van der Waals surface area contributed by atoms with E-state index in [0.29, 0.717) is 17.6 Å². The van der Waals surface area contributed by atoms with E-state index in [-0.39, 0.29) is 0 Å². The summed E-state index contributed by atoms with van der Waals surface area (Å²) in [6.45, 7) is 4.41. The van der Waals surface area contributed by atoms with Crippen LogP contribution in [0.1, 0.15) is 58.8 Å². The number of hydrogen-bond acceptors (Lipinski definition) is 1. The molecule has 0 bridgehead atoms. The number of rotatable bonds is 5. The van der Waals surface area contributed by atoms with Crippen LogP contribution in [-0.2, 0) is 4.79 Å². The van der Waals surface area contributed by atoms with Crippen molar-refractivity contribution in [2.75, 3.05) is 0 Å². The summed E-state index contributed by atoms with van der Waals surface area (Å²) in [5, 5.41) is 0. The van der Waals surface area contributed by atoms with Crippen molar-refractivity contribution >= 4 is 5.78 Å². The van der Waals surface area contributed by atoms with E-state index < -0.39 is 0 Å². The first-order valence-corrected chi connectivity index (χ1v) is 5.78. The largest absolute Gasteiger partial charge is 0.299 e. The Kier molecular flexibility index (Phi) is 4.47. The van der Waals surface area contributed by atoms with Crippen LogP contribution in [0, 0.1) is 11.8 Å². The molecule has 1 nitrogen and oxygen atoms in total. The normalized spacial score (nSPS) is 27.8. The van der Waals surface area contributed by atoms with Gasteiger partial charge in [-0.1, -0.05) is 33.1 Å². The van der Waals surface area contributed by atoms with Gasteiger partial charge in [0.15, 0.2) is 0 Å². The van der Waals surface area contributed by atoms with Crippen LogP contribution in [0.4, 0.5) is 0 Å². The summed E-state index contributed by atoms with van der Waals surface area (Å²) in [5.41, 5.74) is 0. The maximum Gasteiger partial charge on any atom is 0.136 e. The average molecular weight is 182 g/mol. The summed E-state index contributed by atoms with van der Waals surface area (Å²) in [7, 11) is 0. The quantitative estimate of drug-likeness (QED) is 0.594. The van der Waals surface area contributed by atoms with Crippen molar-refractivity contribution < 1.29 is 4.79 Å². The highest BCUT2D eigenvalue weighted by atomic mass is 16.1. The molecule has 1 aliphatic carbocycles. The van der Waals surface area contributed by atoms with Gasteiger partial charge in [0.05, 0.1) is 0 Å². The molecule has 1 fully saturated rings. The molecule has 0 amide bonds. The zero-order valence-electron chi connectivity index (χ0n) is 9.01. The number of carbonyl (C=O) groups is 1. The summed E-state index contributed by atoms with van der Waals surface area (Å²) in [6.07, 6.45) is 8.07. The third-order valence-corrected chi connectivity index (χ3v) is 3.30. The smallest absolute Gasteiger partial charge is 0.136 e. The molecule has 0 N–H and O–H groups in total. The number of hydrogen-bond donors (Lipinski definition) is 0. The molecule has 0 radical (unpaired) electrons. The maximum absolute atomic E-state index is 11.7. The van der Waals surface area contributed by atoms with Crippen molar-refractivity contribution in [1.82, 2.24) is 0 Å². The van der Waals surface area contributed by atoms with Gasteiger partial charge in [-0.3, -0.25) is 4.79 Å². The molecule has 0 aromatic heterocycles. The summed E-state index contributed by atoms with van der Waals surface area (Å²) in [4.78, 5) is 11.7. The molecule has 76 valence electrons. The minimum atomic E-state index is 0.414. The van der Waals surface area contributed by atoms with E-state index in [1.54, 1.807) is 0 Å². The van der Waals surface area contributed by atoms with E-state index in [4.69, 9.17) is 0 Å². The number of ketones is 1. The number of carbonyl (C=O) groups excluding carboxylic acids is 1. The molecule has 13 heavy (non-hydrogen) atoms. The van der Waals surface area contributed by atoms with Crippen molar-refractivity contribution in [2.45, 2.75) is 58.8 Å². The fraction of sp³-hybridized carbons (Fsp3) is 0.917. The molecule has 1 rings (SSSR count). The number of unbranched alkanes of at least 4 members (excludes halogenated alkanes) is 2. The molecule has 1 saturated carbocycles. The van der Waals surface area contributed by atoms with Crippen LogP contribution in [0.15, 0.2) is 0 Å². The van der Waals surface area contributed by atoms with Crippen LogP contribution < -0.4 is 0 Å². The van der Waals surface area contributed by atoms with Crippen molar-refractivity contribution in [3.63, 3.8) is 0 Å². The highest BCUT2D eigenvalue weighted by Crippen LogP contribution is 2.32. The van der Waals surface area contributed by atoms with Crippen LogP contribution in [0.3, 0.4) is 0 Å². The van der Waals surface area contributed by atoms with Crippen LogP contribution >= 0.6 is 0 Å². The van der Waals surface area contributed by atoms with E-state index in [1.165, 1.54) is 25.7 Å². The first kappa shape index (κ1) is 10.7. The fourth-order valence-corrected chi connectivity index (χ4v) is 2.36. The van der Waals surface area contributed by atoms with Gasteiger partial charge < -0.3 is 0 Å². The lowest BCUT2D eigenvalue weighted by Crippen LogP contribution is -2.16. The first-order chi connectivity index (χ1) is 6.25. The molecule has 0 heterocycles. The van der Waals surface area contributed by atoms with Crippen molar-refractivity contribution in [3.05, 3.63) is 0 Å². The Balaban J connectivity index is 2.22. The lowest BCUT2D eigenvalue weighted by atomic mass is 9.91. The van der Waals surface area contributed by atoms with Crippen LogP contribution in [-0.4, -0.2) is 5.78 Å². The van der Waals surface area contributed by atoms with E-state index >= 15 is 0 Å². The SMILES string of the molecule is CCCCCC(=O)C1CCCC1C. The molecule has 1 aliphatic rings. The maximum atomic E-state index is 11.7. The lowest BCUT2D eigenvalue weighted by Gasteiger charge is -2.13. The molecule has 0 aromatic carbocycles. The molecule has 0 aliphatic heterocycles. The van der Waals surface area contributed by atoms with Crippen LogP contribution in [0.25, 0.3) is 0 Å². The Labute approximate surface area is 81.9 Å². The molecule has 1 heteroatoms. The summed E-state index contributed by atoms with van der Waals surface area (Å²) in [5.74, 6) is 1.62. The first-order valence-electron chi connectivity index (χ1n) is 5.78. The molecule has 0 aromatic rings. The minimum absolute atomic E-state index is 0.414. The predicted molar refractivity (Wildman–Crippen MR) is 55.7 cm³/mol. The standard InChI is InChI=1S/C12H22O/c1-3-4-5-9-12(13)11-8-6-7-10(11)2/h10-11H,3-9H2,1-2H3. The van der Waals surface area contributed by atoms with Gasteiger partial charge in [-0.15, -0.1) is 0 Å². The third kappa shape index (κ3) is 3.13. The summed E-state index contributed by atoms with van der Waals surface area (Å²) >= 11 is 0.